The van der Waals surface area contributed by atoms with Crippen molar-refractivity contribution < 1.29 is 9.53 Å². The van der Waals surface area contributed by atoms with Crippen LogP contribution < -0.4 is 19.9 Å². The van der Waals surface area contributed by atoms with Crippen molar-refractivity contribution in [1.29, 1.82) is 0 Å². The van der Waals surface area contributed by atoms with Gasteiger partial charge in [0.1, 0.15) is 11.6 Å². The summed E-state index contributed by atoms with van der Waals surface area (Å²) in [5.74, 6) is 1.44. The molecule has 2 aromatic carbocycles. The molecule has 34 heavy (non-hydrogen) atoms. The number of piperazine rings is 1. The number of rotatable bonds is 7. The van der Waals surface area contributed by atoms with Gasteiger partial charge in [-0.15, -0.1) is 0 Å². The highest BCUT2D eigenvalue weighted by Crippen LogP contribution is 2.28. The predicted molar refractivity (Wildman–Crippen MR) is 140 cm³/mol. The Morgan fingerprint density at radius 3 is 2.62 bits per heavy atom. The van der Waals surface area contributed by atoms with Gasteiger partial charge in [-0.05, 0) is 55.3 Å². The fourth-order valence-corrected chi connectivity index (χ4v) is 4.71. The van der Waals surface area contributed by atoms with Gasteiger partial charge in [0.15, 0.2) is 5.16 Å². The normalized spacial score (nSPS) is 13.6. The van der Waals surface area contributed by atoms with E-state index in [0.717, 1.165) is 32.0 Å². The number of aryl methyl sites for hydroxylation is 2. The Hall–Kier alpha value is -2.97. The lowest BCUT2D eigenvalue weighted by atomic mass is 10.1. The van der Waals surface area contributed by atoms with Crippen LogP contribution in [-0.2, 0) is 4.79 Å². The molecule has 1 fully saturated rings. The summed E-state index contributed by atoms with van der Waals surface area (Å²) in [6.07, 6.45) is 1.75. The van der Waals surface area contributed by atoms with Crippen molar-refractivity contribution in [3.05, 3.63) is 64.8 Å². The third-order valence-electron chi connectivity index (χ3n) is 5.70. The van der Waals surface area contributed by atoms with E-state index in [1.54, 1.807) is 31.5 Å². The van der Waals surface area contributed by atoms with Crippen LogP contribution in [0.4, 0.5) is 17.2 Å². The SMILES string of the molecule is COc1ccc(Cl)cc1NC(=O)CSc1nccc(N2CCN(c3cc(C)ccc3C)CC2)n1. The Labute approximate surface area is 209 Å². The van der Waals surface area contributed by atoms with Crippen LogP contribution in [-0.4, -0.2) is 54.9 Å². The number of amides is 1. The van der Waals surface area contributed by atoms with Crippen molar-refractivity contribution in [2.24, 2.45) is 0 Å². The van der Waals surface area contributed by atoms with E-state index in [4.69, 9.17) is 16.3 Å². The van der Waals surface area contributed by atoms with Crippen molar-refractivity contribution in [1.82, 2.24) is 9.97 Å². The summed E-state index contributed by atoms with van der Waals surface area (Å²) in [4.78, 5) is 26.2. The summed E-state index contributed by atoms with van der Waals surface area (Å²) in [6, 6.07) is 13.6. The topological polar surface area (TPSA) is 70.6 Å². The van der Waals surface area contributed by atoms with Crippen LogP contribution in [0, 0.1) is 13.8 Å². The summed E-state index contributed by atoms with van der Waals surface area (Å²) < 4.78 is 5.28. The lowest BCUT2D eigenvalue weighted by Crippen LogP contribution is -2.47. The second-order valence-corrected chi connectivity index (χ2v) is 9.52. The van der Waals surface area contributed by atoms with Gasteiger partial charge in [-0.3, -0.25) is 4.79 Å². The summed E-state index contributed by atoms with van der Waals surface area (Å²) in [5.41, 5.74) is 4.42. The molecule has 0 saturated carbocycles. The number of ether oxygens (including phenoxy) is 1. The predicted octanol–water partition coefficient (Wildman–Crippen LogP) is 4.81. The summed E-state index contributed by atoms with van der Waals surface area (Å²) in [6.45, 7) is 7.91. The molecule has 1 aliphatic heterocycles. The largest absolute Gasteiger partial charge is 0.495 e. The number of hydrogen-bond donors (Lipinski definition) is 1. The number of benzene rings is 2. The van der Waals surface area contributed by atoms with E-state index in [2.05, 4.69) is 57.1 Å². The van der Waals surface area contributed by atoms with Crippen LogP contribution in [0.2, 0.25) is 5.02 Å². The Morgan fingerprint density at radius 1 is 1.09 bits per heavy atom. The molecule has 0 aliphatic carbocycles. The van der Waals surface area contributed by atoms with E-state index >= 15 is 0 Å². The van der Waals surface area contributed by atoms with Crippen LogP contribution in [0.1, 0.15) is 11.1 Å². The Morgan fingerprint density at radius 2 is 1.85 bits per heavy atom. The molecule has 0 spiro atoms. The number of carbonyl (C=O) groups is 1. The summed E-state index contributed by atoms with van der Waals surface area (Å²) in [7, 11) is 1.55. The molecule has 178 valence electrons. The molecule has 4 rings (SSSR count). The van der Waals surface area contributed by atoms with E-state index in [0.29, 0.717) is 21.6 Å². The average molecular weight is 498 g/mol. The van der Waals surface area contributed by atoms with Gasteiger partial charge in [-0.1, -0.05) is 35.5 Å². The molecule has 9 heteroatoms. The van der Waals surface area contributed by atoms with Gasteiger partial charge in [-0.25, -0.2) is 9.97 Å². The van der Waals surface area contributed by atoms with E-state index in [1.807, 2.05) is 6.07 Å². The minimum Gasteiger partial charge on any atom is -0.495 e. The third-order valence-corrected chi connectivity index (χ3v) is 6.79. The number of thioether (sulfide) groups is 1. The molecule has 1 amide bonds. The number of hydrogen-bond acceptors (Lipinski definition) is 7. The number of aromatic nitrogens is 2. The van der Waals surface area contributed by atoms with Gasteiger partial charge in [-0.2, -0.15) is 0 Å². The van der Waals surface area contributed by atoms with Crippen LogP contribution in [0.15, 0.2) is 53.8 Å². The first kappa shape index (κ1) is 24.2. The Kier molecular flexibility index (Phi) is 7.80. The molecule has 1 saturated heterocycles. The van der Waals surface area contributed by atoms with Gasteiger partial charge in [0, 0.05) is 43.1 Å². The Bertz CT molecular complexity index is 1170. The number of nitrogens with zero attached hydrogens (tertiary/aromatic N) is 4. The highest BCUT2D eigenvalue weighted by Gasteiger charge is 2.20. The van der Waals surface area contributed by atoms with Crippen molar-refractivity contribution >= 4 is 46.5 Å². The molecule has 2 heterocycles. The number of nitrogens with one attached hydrogen (secondary N) is 1. The molecule has 7 nitrogen and oxygen atoms in total. The molecule has 0 unspecified atom stereocenters. The van der Waals surface area contributed by atoms with Crippen LogP contribution in [0.3, 0.4) is 0 Å². The minimum atomic E-state index is -0.179. The molecule has 1 aliphatic rings. The standard InChI is InChI=1S/C25H28ClN5O2S/c1-17-4-5-18(2)21(14-17)30-10-12-31(13-11-30)23-8-9-27-25(29-23)34-16-24(32)28-20-15-19(26)6-7-22(20)33-3/h4-9,14-15H,10-13,16H2,1-3H3,(H,28,32). The van der Waals surface area contributed by atoms with Crippen molar-refractivity contribution in [2.75, 3.05) is 54.2 Å². The monoisotopic (exact) mass is 497 g/mol. The molecular formula is C25H28ClN5O2S. The van der Waals surface area contributed by atoms with Gasteiger partial charge in [0.2, 0.25) is 5.91 Å². The zero-order chi connectivity index (χ0) is 24.1. The summed E-state index contributed by atoms with van der Waals surface area (Å²) in [5, 5.41) is 3.94. The first-order chi connectivity index (χ1) is 16.4. The average Bonchev–Trinajstić information content (AvgIpc) is 2.85. The van der Waals surface area contributed by atoms with Gasteiger partial charge < -0.3 is 19.9 Å². The lowest BCUT2D eigenvalue weighted by molar-refractivity contribution is -0.113. The number of methoxy groups -OCH3 is 1. The van der Waals surface area contributed by atoms with Crippen molar-refractivity contribution in [3.8, 4) is 5.75 Å². The zero-order valence-corrected chi connectivity index (χ0v) is 21.1. The zero-order valence-electron chi connectivity index (χ0n) is 19.5. The quantitative estimate of drug-likeness (QED) is 0.371. The molecule has 0 atom stereocenters. The first-order valence-corrected chi connectivity index (χ1v) is 12.5. The molecule has 3 aromatic rings. The first-order valence-electron chi connectivity index (χ1n) is 11.1. The number of anilines is 3. The number of carbonyl (C=O) groups excluding carboxylic acids is 1. The van der Waals surface area contributed by atoms with Crippen LogP contribution >= 0.6 is 23.4 Å². The van der Waals surface area contributed by atoms with E-state index in [-0.39, 0.29) is 11.7 Å². The van der Waals surface area contributed by atoms with Gasteiger partial charge in [0.25, 0.3) is 0 Å². The van der Waals surface area contributed by atoms with Crippen molar-refractivity contribution in [2.45, 2.75) is 19.0 Å². The van der Waals surface area contributed by atoms with E-state index < -0.39 is 0 Å². The van der Waals surface area contributed by atoms with Crippen LogP contribution in [0.5, 0.6) is 5.75 Å². The lowest BCUT2D eigenvalue weighted by Gasteiger charge is -2.37. The van der Waals surface area contributed by atoms with E-state index in [9.17, 15) is 4.79 Å². The smallest absolute Gasteiger partial charge is 0.234 e. The number of halogens is 1. The fourth-order valence-electron chi connectivity index (χ4n) is 3.91. The molecule has 1 aromatic heterocycles. The van der Waals surface area contributed by atoms with Crippen LogP contribution in [0.25, 0.3) is 0 Å². The fraction of sp³-hybridized carbons (Fsp3) is 0.320. The minimum absolute atomic E-state index is 0.179. The van der Waals surface area contributed by atoms with Crippen molar-refractivity contribution in [3.63, 3.8) is 0 Å². The summed E-state index contributed by atoms with van der Waals surface area (Å²) >= 11 is 7.34. The highest BCUT2D eigenvalue weighted by molar-refractivity contribution is 7.99. The molecular weight excluding hydrogens is 470 g/mol. The molecule has 0 bridgehead atoms. The third kappa shape index (κ3) is 5.93. The maximum absolute atomic E-state index is 12.5. The highest BCUT2D eigenvalue weighted by atomic mass is 35.5. The van der Waals surface area contributed by atoms with Gasteiger partial charge >= 0.3 is 0 Å². The second kappa shape index (κ2) is 11.0. The Balaban J connectivity index is 1.33. The molecule has 0 radical (unpaired) electrons. The van der Waals surface area contributed by atoms with Gasteiger partial charge in [0.05, 0.1) is 18.6 Å². The maximum Gasteiger partial charge on any atom is 0.234 e. The molecule has 1 N–H and O–H groups in total. The second-order valence-electron chi connectivity index (χ2n) is 8.14. The van der Waals surface area contributed by atoms with E-state index in [1.165, 1.54) is 28.6 Å². The maximum atomic E-state index is 12.5.